The second kappa shape index (κ2) is 7.37. The van der Waals surface area contributed by atoms with E-state index in [2.05, 4.69) is 10.3 Å². The van der Waals surface area contributed by atoms with E-state index in [-0.39, 0.29) is 6.61 Å². The van der Waals surface area contributed by atoms with Crippen LogP contribution in [0.4, 0.5) is 8.78 Å². The van der Waals surface area contributed by atoms with Crippen molar-refractivity contribution in [1.29, 1.82) is 0 Å². The molecule has 4 nitrogen and oxygen atoms in total. The molecule has 0 atom stereocenters. The molecule has 0 saturated heterocycles. The maximum Gasteiger partial charge on any atom is 0.160 e. The van der Waals surface area contributed by atoms with E-state index >= 15 is 0 Å². The van der Waals surface area contributed by atoms with Crippen molar-refractivity contribution in [2.24, 2.45) is 0 Å². The third-order valence-corrected chi connectivity index (χ3v) is 4.06. The Morgan fingerprint density at radius 1 is 0.815 bits per heavy atom. The third kappa shape index (κ3) is 3.84. The van der Waals surface area contributed by atoms with Crippen molar-refractivity contribution in [2.45, 2.75) is 6.61 Å². The van der Waals surface area contributed by atoms with Crippen molar-refractivity contribution >= 4 is 0 Å². The molecule has 6 heteroatoms. The van der Waals surface area contributed by atoms with E-state index in [1.807, 2.05) is 54.6 Å². The standard InChI is InChI=1S/C21H15F2N3O/c22-20-11-8-18(12-21(20)23)26-13-17(24-25-26)14-27-19-9-6-16(7-10-19)15-4-2-1-3-5-15/h1-13H,14H2. The number of hydrogen-bond acceptors (Lipinski definition) is 3. The van der Waals surface area contributed by atoms with Crippen LogP contribution in [0.1, 0.15) is 5.69 Å². The summed E-state index contributed by atoms with van der Waals surface area (Å²) in [5.74, 6) is -1.13. The van der Waals surface area contributed by atoms with Crippen molar-refractivity contribution < 1.29 is 13.5 Å². The molecule has 1 aromatic heterocycles. The number of benzene rings is 3. The lowest BCUT2D eigenvalue weighted by molar-refractivity contribution is 0.301. The maximum atomic E-state index is 13.3. The normalized spacial score (nSPS) is 10.7. The Morgan fingerprint density at radius 2 is 1.56 bits per heavy atom. The smallest absolute Gasteiger partial charge is 0.160 e. The first kappa shape index (κ1) is 16.9. The highest BCUT2D eigenvalue weighted by Crippen LogP contribution is 2.22. The fourth-order valence-electron chi connectivity index (χ4n) is 2.65. The number of hydrogen-bond donors (Lipinski definition) is 0. The second-order valence-electron chi connectivity index (χ2n) is 5.93. The average Bonchev–Trinajstić information content (AvgIpc) is 3.19. The zero-order valence-corrected chi connectivity index (χ0v) is 14.2. The molecule has 0 amide bonds. The molecule has 0 aliphatic carbocycles. The lowest BCUT2D eigenvalue weighted by Crippen LogP contribution is -1.97. The van der Waals surface area contributed by atoms with Gasteiger partial charge in [0.15, 0.2) is 11.6 Å². The third-order valence-electron chi connectivity index (χ3n) is 4.06. The Morgan fingerprint density at radius 3 is 2.30 bits per heavy atom. The fraction of sp³-hybridized carbons (Fsp3) is 0.0476. The van der Waals surface area contributed by atoms with Crippen LogP contribution >= 0.6 is 0 Å². The van der Waals surface area contributed by atoms with Crippen molar-refractivity contribution in [3.63, 3.8) is 0 Å². The summed E-state index contributed by atoms with van der Waals surface area (Å²) in [5.41, 5.74) is 3.21. The van der Waals surface area contributed by atoms with Gasteiger partial charge < -0.3 is 4.74 Å². The van der Waals surface area contributed by atoms with E-state index in [0.29, 0.717) is 17.1 Å². The molecule has 0 radical (unpaired) electrons. The van der Waals surface area contributed by atoms with Crippen LogP contribution in [0.15, 0.2) is 79.0 Å². The van der Waals surface area contributed by atoms with Crippen LogP contribution < -0.4 is 4.74 Å². The lowest BCUT2D eigenvalue weighted by Gasteiger charge is -2.06. The molecule has 4 aromatic rings. The second-order valence-corrected chi connectivity index (χ2v) is 5.93. The van der Waals surface area contributed by atoms with Crippen LogP contribution in [0.5, 0.6) is 5.75 Å². The lowest BCUT2D eigenvalue weighted by atomic mass is 10.1. The number of aromatic nitrogens is 3. The Labute approximate surface area is 154 Å². The van der Waals surface area contributed by atoms with Gasteiger partial charge in [-0.1, -0.05) is 47.7 Å². The highest BCUT2D eigenvalue weighted by molar-refractivity contribution is 5.63. The first-order valence-electron chi connectivity index (χ1n) is 8.34. The SMILES string of the molecule is Fc1ccc(-n2cc(COc3ccc(-c4ccccc4)cc3)nn2)cc1F. The molecule has 27 heavy (non-hydrogen) atoms. The minimum absolute atomic E-state index is 0.217. The van der Waals surface area contributed by atoms with Crippen LogP contribution in [0, 0.1) is 11.6 Å². The summed E-state index contributed by atoms with van der Waals surface area (Å²) in [6.07, 6.45) is 1.62. The zero-order chi connectivity index (χ0) is 18.6. The quantitative estimate of drug-likeness (QED) is 0.512. The summed E-state index contributed by atoms with van der Waals surface area (Å²) in [6, 6.07) is 21.4. The molecule has 4 rings (SSSR count). The molecule has 0 spiro atoms. The fourth-order valence-corrected chi connectivity index (χ4v) is 2.65. The van der Waals surface area contributed by atoms with Gasteiger partial charge in [-0.05, 0) is 35.4 Å². The van der Waals surface area contributed by atoms with Crippen molar-refractivity contribution in [2.75, 3.05) is 0 Å². The van der Waals surface area contributed by atoms with E-state index in [1.54, 1.807) is 6.20 Å². The van der Waals surface area contributed by atoms with Gasteiger partial charge >= 0.3 is 0 Å². The summed E-state index contributed by atoms with van der Waals surface area (Å²) in [6.45, 7) is 0.217. The summed E-state index contributed by atoms with van der Waals surface area (Å²) in [4.78, 5) is 0. The minimum atomic E-state index is -0.931. The highest BCUT2D eigenvalue weighted by Gasteiger charge is 2.07. The first-order valence-corrected chi connectivity index (χ1v) is 8.34. The number of nitrogens with zero attached hydrogens (tertiary/aromatic N) is 3. The van der Waals surface area contributed by atoms with E-state index in [1.165, 1.54) is 10.7 Å². The maximum absolute atomic E-state index is 13.3. The largest absolute Gasteiger partial charge is 0.487 e. The van der Waals surface area contributed by atoms with E-state index in [4.69, 9.17) is 4.74 Å². The Hall–Kier alpha value is -3.54. The van der Waals surface area contributed by atoms with Gasteiger partial charge in [0.1, 0.15) is 18.1 Å². The van der Waals surface area contributed by atoms with Crippen LogP contribution in [0.25, 0.3) is 16.8 Å². The molecule has 3 aromatic carbocycles. The van der Waals surface area contributed by atoms with E-state index in [0.717, 1.165) is 23.3 Å². The molecule has 0 fully saturated rings. The molecule has 1 heterocycles. The summed E-state index contributed by atoms with van der Waals surface area (Å²) in [5, 5.41) is 7.92. The van der Waals surface area contributed by atoms with Gasteiger partial charge in [-0.2, -0.15) is 0 Å². The summed E-state index contributed by atoms with van der Waals surface area (Å²) < 4.78 is 33.5. The topological polar surface area (TPSA) is 39.9 Å². The Balaban J connectivity index is 1.42. The molecule has 0 N–H and O–H groups in total. The van der Waals surface area contributed by atoms with Gasteiger partial charge in [0, 0.05) is 6.07 Å². The average molecular weight is 363 g/mol. The minimum Gasteiger partial charge on any atom is -0.487 e. The molecule has 0 aliphatic rings. The monoisotopic (exact) mass is 363 g/mol. The van der Waals surface area contributed by atoms with Gasteiger partial charge in [-0.25, -0.2) is 13.5 Å². The van der Waals surface area contributed by atoms with Gasteiger partial charge in [-0.3, -0.25) is 0 Å². The molecule has 0 unspecified atom stereocenters. The van der Waals surface area contributed by atoms with Crippen LogP contribution in [-0.2, 0) is 6.61 Å². The van der Waals surface area contributed by atoms with Crippen LogP contribution in [-0.4, -0.2) is 15.0 Å². The molecule has 0 saturated carbocycles. The summed E-state index contributed by atoms with van der Waals surface area (Å²) >= 11 is 0. The first-order chi connectivity index (χ1) is 13.2. The molecular formula is C21H15F2N3O. The van der Waals surface area contributed by atoms with Crippen molar-refractivity contribution in [1.82, 2.24) is 15.0 Å². The number of rotatable bonds is 5. The van der Waals surface area contributed by atoms with E-state index < -0.39 is 11.6 Å². The highest BCUT2D eigenvalue weighted by atomic mass is 19.2. The van der Waals surface area contributed by atoms with Gasteiger partial charge in [-0.15, -0.1) is 5.10 Å². The zero-order valence-electron chi connectivity index (χ0n) is 14.2. The Bertz CT molecular complexity index is 1050. The summed E-state index contributed by atoms with van der Waals surface area (Å²) in [7, 11) is 0. The van der Waals surface area contributed by atoms with Crippen molar-refractivity contribution in [3.05, 3.63) is 96.3 Å². The number of halogens is 2. The van der Waals surface area contributed by atoms with Crippen LogP contribution in [0.2, 0.25) is 0 Å². The predicted octanol–water partition coefficient (Wildman–Crippen LogP) is 4.79. The molecular weight excluding hydrogens is 348 g/mol. The number of ether oxygens (including phenoxy) is 1. The predicted molar refractivity (Wildman–Crippen MR) is 97.5 cm³/mol. The molecule has 0 aliphatic heterocycles. The van der Waals surface area contributed by atoms with Gasteiger partial charge in [0.05, 0.1) is 11.9 Å². The molecule has 134 valence electrons. The molecule has 0 bridgehead atoms. The Kier molecular flexibility index (Phi) is 4.61. The van der Waals surface area contributed by atoms with Crippen LogP contribution in [0.3, 0.4) is 0 Å². The van der Waals surface area contributed by atoms with E-state index in [9.17, 15) is 8.78 Å². The van der Waals surface area contributed by atoms with Gasteiger partial charge in [0.25, 0.3) is 0 Å². The van der Waals surface area contributed by atoms with Crippen molar-refractivity contribution in [3.8, 4) is 22.6 Å². The van der Waals surface area contributed by atoms with Gasteiger partial charge in [0.2, 0.25) is 0 Å².